The minimum absolute atomic E-state index is 0.497. The SMILES string of the molecule is CC(=O)OCC1O[C@H](OCC2OC(OC(C)=O)C(OC(C)=O)C(OC(C)=O)[C@@H]2OC(C)=O)C(OC(C)=O)C(O)[C@H]1O. The van der Waals surface area contributed by atoms with Crippen LogP contribution in [0.1, 0.15) is 41.5 Å². The minimum atomic E-state index is -1.76. The average Bonchev–Trinajstić information content (AvgIpc) is 2.83. The zero-order valence-corrected chi connectivity index (χ0v) is 23.2. The van der Waals surface area contributed by atoms with E-state index in [2.05, 4.69) is 0 Å². The van der Waals surface area contributed by atoms with Crippen molar-refractivity contribution in [2.24, 2.45) is 0 Å². The summed E-state index contributed by atoms with van der Waals surface area (Å²) in [6.45, 7) is 5.17. The molecule has 0 saturated carbocycles. The molecule has 2 saturated heterocycles. The van der Waals surface area contributed by atoms with Gasteiger partial charge in [-0.25, -0.2) is 0 Å². The van der Waals surface area contributed by atoms with Gasteiger partial charge in [0.1, 0.15) is 31.0 Å². The molecule has 7 unspecified atom stereocenters. The number of aliphatic hydroxyl groups is 2. The van der Waals surface area contributed by atoms with Gasteiger partial charge in [0.2, 0.25) is 12.4 Å². The number of carbonyl (C=O) groups excluding carboxylic acids is 6. The molecular formula is C24H34O17. The second-order valence-corrected chi connectivity index (χ2v) is 9.11. The molecule has 0 radical (unpaired) electrons. The monoisotopic (exact) mass is 594 g/mol. The Kier molecular flexibility index (Phi) is 12.4. The Morgan fingerprint density at radius 1 is 0.512 bits per heavy atom. The van der Waals surface area contributed by atoms with Crippen molar-refractivity contribution in [3.8, 4) is 0 Å². The highest BCUT2D eigenvalue weighted by Crippen LogP contribution is 2.31. The van der Waals surface area contributed by atoms with Crippen molar-refractivity contribution in [1.29, 1.82) is 0 Å². The minimum Gasteiger partial charge on any atom is -0.463 e. The molecule has 232 valence electrons. The average molecular weight is 595 g/mol. The van der Waals surface area contributed by atoms with E-state index in [1.54, 1.807) is 0 Å². The normalized spacial score (nSPS) is 33.1. The Bertz CT molecular complexity index is 979. The predicted molar refractivity (Wildman–Crippen MR) is 126 cm³/mol. The lowest BCUT2D eigenvalue weighted by Crippen LogP contribution is -2.64. The lowest BCUT2D eigenvalue weighted by molar-refractivity contribution is -0.329. The van der Waals surface area contributed by atoms with Crippen molar-refractivity contribution in [3.05, 3.63) is 0 Å². The molecule has 17 nitrogen and oxygen atoms in total. The molecular weight excluding hydrogens is 560 g/mol. The Morgan fingerprint density at radius 3 is 1.49 bits per heavy atom. The summed E-state index contributed by atoms with van der Waals surface area (Å²) in [5.41, 5.74) is 0. The molecule has 0 spiro atoms. The van der Waals surface area contributed by atoms with E-state index in [0.717, 1.165) is 41.5 Å². The third-order valence-corrected chi connectivity index (χ3v) is 5.60. The lowest BCUT2D eigenvalue weighted by atomic mass is 9.97. The van der Waals surface area contributed by atoms with Crippen LogP contribution >= 0.6 is 0 Å². The Labute approximate surface area is 234 Å². The van der Waals surface area contributed by atoms with Crippen LogP contribution in [0.15, 0.2) is 0 Å². The summed E-state index contributed by atoms with van der Waals surface area (Å²) in [4.78, 5) is 70.4. The van der Waals surface area contributed by atoms with E-state index in [1.165, 1.54) is 0 Å². The van der Waals surface area contributed by atoms with Gasteiger partial charge in [-0.2, -0.15) is 0 Å². The molecule has 2 aliphatic heterocycles. The second-order valence-electron chi connectivity index (χ2n) is 9.11. The summed E-state index contributed by atoms with van der Waals surface area (Å²) >= 11 is 0. The van der Waals surface area contributed by atoms with Crippen LogP contribution in [0.2, 0.25) is 0 Å². The molecule has 10 atom stereocenters. The van der Waals surface area contributed by atoms with Gasteiger partial charge in [-0.05, 0) is 0 Å². The first-order chi connectivity index (χ1) is 19.1. The highest BCUT2D eigenvalue weighted by Gasteiger charge is 2.54. The fourth-order valence-corrected chi connectivity index (χ4v) is 4.13. The fraction of sp³-hybridized carbons (Fsp3) is 0.750. The molecule has 0 aliphatic carbocycles. The van der Waals surface area contributed by atoms with Gasteiger partial charge >= 0.3 is 35.8 Å². The number of ether oxygens (including phenoxy) is 9. The van der Waals surface area contributed by atoms with Crippen LogP contribution in [-0.4, -0.2) is 121 Å². The van der Waals surface area contributed by atoms with E-state index in [0.29, 0.717) is 0 Å². The summed E-state index contributed by atoms with van der Waals surface area (Å²) in [5.74, 6) is -5.03. The van der Waals surface area contributed by atoms with Gasteiger partial charge < -0.3 is 52.8 Å². The molecule has 2 rings (SSSR count). The maximum absolute atomic E-state index is 12.0. The van der Waals surface area contributed by atoms with Crippen LogP contribution in [0, 0.1) is 0 Å². The van der Waals surface area contributed by atoms with Crippen molar-refractivity contribution in [2.75, 3.05) is 13.2 Å². The number of hydrogen-bond donors (Lipinski definition) is 2. The molecule has 2 heterocycles. The molecule has 0 bridgehead atoms. The predicted octanol–water partition coefficient (Wildman–Crippen LogP) is -1.97. The summed E-state index contributed by atoms with van der Waals surface area (Å²) in [7, 11) is 0. The lowest BCUT2D eigenvalue weighted by Gasteiger charge is -2.45. The third kappa shape index (κ3) is 9.89. The van der Waals surface area contributed by atoms with Gasteiger partial charge in [0.15, 0.2) is 24.6 Å². The molecule has 0 amide bonds. The van der Waals surface area contributed by atoms with Crippen LogP contribution in [0.5, 0.6) is 0 Å². The Hall–Kier alpha value is -3.38. The highest BCUT2D eigenvalue weighted by atomic mass is 16.8. The van der Waals surface area contributed by atoms with Gasteiger partial charge in [-0.1, -0.05) is 0 Å². The number of hydrogen-bond acceptors (Lipinski definition) is 17. The van der Waals surface area contributed by atoms with Crippen LogP contribution in [0.25, 0.3) is 0 Å². The molecule has 2 aliphatic rings. The first-order valence-electron chi connectivity index (χ1n) is 12.4. The maximum atomic E-state index is 12.0. The second kappa shape index (κ2) is 15.0. The summed E-state index contributed by atoms with van der Waals surface area (Å²) in [6.07, 6.45) is -15.6. The van der Waals surface area contributed by atoms with Crippen LogP contribution in [0.3, 0.4) is 0 Å². The number of aliphatic hydroxyl groups excluding tert-OH is 2. The topological polar surface area (TPSA) is 226 Å². The summed E-state index contributed by atoms with van der Waals surface area (Å²) in [6, 6.07) is 0. The molecule has 2 fully saturated rings. The standard InChI is InChI=1S/C24H34O17/c1-9(25)33-7-15-17(31)18(32)20(36-11(3)27)23(40-15)34-8-16-19(35-10(2)26)21(37-12(4)28)22(38-13(5)29)24(41-16)39-14(6)30/h15-24,31-32H,7-8H2,1-6H3/t15?,16?,17-,18?,19+,20?,21?,22?,23-,24?/m0/s1. The van der Waals surface area contributed by atoms with E-state index in [1.807, 2.05) is 0 Å². The van der Waals surface area contributed by atoms with Gasteiger partial charge in [-0.15, -0.1) is 0 Å². The van der Waals surface area contributed by atoms with Crippen molar-refractivity contribution in [3.63, 3.8) is 0 Å². The molecule has 0 aromatic rings. The van der Waals surface area contributed by atoms with E-state index >= 15 is 0 Å². The molecule has 2 N–H and O–H groups in total. The quantitative estimate of drug-likeness (QED) is 0.206. The van der Waals surface area contributed by atoms with E-state index in [4.69, 9.17) is 42.6 Å². The van der Waals surface area contributed by atoms with Crippen molar-refractivity contribution < 1.29 is 81.6 Å². The van der Waals surface area contributed by atoms with Crippen molar-refractivity contribution in [1.82, 2.24) is 0 Å². The number of carbonyl (C=O) groups is 6. The third-order valence-electron chi connectivity index (χ3n) is 5.60. The summed E-state index contributed by atoms with van der Waals surface area (Å²) < 4.78 is 47.9. The Balaban J connectivity index is 2.40. The van der Waals surface area contributed by atoms with E-state index in [-0.39, 0.29) is 0 Å². The summed E-state index contributed by atoms with van der Waals surface area (Å²) in [5, 5.41) is 21.0. The molecule has 0 aromatic carbocycles. The highest BCUT2D eigenvalue weighted by molar-refractivity contribution is 5.69. The number of rotatable bonds is 10. The molecule has 17 heteroatoms. The molecule has 41 heavy (non-hydrogen) atoms. The zero-order valence-electron chi connectivity index (χ0n) is 23.2. The molecule has 0 aromatic heterocycles. The Morgan fingerprint density at radius 2 is 0.976 bits per heavy atom. The van der Waals surface area contributed by atoms with Gasteiger partial charge in [0, 0.05) is 41.5 Å². The van der Waals surface area contributed by atoms with Gasteiger partial charge in [-0.3, -0.25) is 28.8 Å². The first kappa shape index (κ1) is 33.8. The van der Waals surface area contributed by atoms with Crippen LogP contribution in [0.4, 0.5) is 0 Å². The zero-order chi connectivity index (χ0) is 31.0. The van der Waals surface area contributed by atoms with E-state index < -0.39 is 110 Å². The van der Waals surface area contributed by atoms with Crippen molar-refractivity contribution >= 4 is 35.8 Å². The number of esters is 6. The smallest absolute Gasteiger partial charge is 0.305 e. The van der Waals surface area contributed by atoms with Gasteiger partial charge in [0.05, 0.1) is 6.61 Å². The largest absolute Gasteiger partial charge is 0.463 e. The van der Waals surface area contributed by atoms with E-state index in [9.17, 15) is 39.0 Å². The first-order valence-corrected chi connectivity index (χ1v) is 12.4. The maximum Gasteiger partial charge on any atom is 0.305 e. The van der Waals surface area contributed by atoms with Gasteiger partial charge in [0.25, 0.3) is 0 Å². The van der Waals surface area contributed by atoms with Crippen LogP contribution < -0.4 is 0 Å². The fourth-order valence-electron chi connectivity index (χ4n) is 4.13. The van der Waals surface area contributed by atoms with Crippen LogP contribution in [-0.2, 0) is 71.4 Å². The van der Waals surface area contributed by atoms with Crippen molar-refractivity contribution in [2.45, 2.75) is 103 Å².